The SMILES string of the molecule is CN(CC(=O)N1CCC1)CC1CCN(CC(O)c2ccccc2)CC1. The van der Waals surface area contributed by atoms with E-state index in [0.717, 1.165) is 57.5 Å². The summed E-state index contributed by atoms with van der Waals surface area (Å²) in [5, 5.41) is 10.4. The molecule has 1 amide bonds. The van der Waals surface area contributed by atoms with Crippen molar-refractivity contribution in [2.75, 3.05) is 52.9 Å². The lowest BCUT2D eigenvalue weighted by atomic mass is 9.95. The molecule has 2 heterocycles. The molecule has 2 aliphatic rings. The van der Waals surface area contributed by atoms with Gasteiger partial charge in [0.1, 0.15) is 0 Å². The highest BCUT2D eigenvalue weighted by molar-refractivity contribution is 5.78. The van der Waals surface area contributed by atoms with Crippen LogP contribution in [0.15, 0.2) is 30.3 Å². The summed E-state index contributed by atoms with van der Waals surface area (Å²) in [5.41, 5.74) is 0.994. The largest absolute Gasteiger partial charge is 0.387 e. The van der Waals surface area contributed by atoms with Crippen molar-refractivity contribution in [1.82, 2.24) is 14.7 Å². The third kappa shape index (κ3) is 5.27. The lowest BCUT2D eigenvalue weighted by molar-refractivity contribution is -0.135. The molecule has 25 heavy (non-hydrogen) atoms. The summed E-state index contributed by atoms with van der Waals surface area (Å²) in [6.45, 7) is 6.19. The maximum absolute atomic E-state index is 12.0. The molecule has 2 saturated heterocycles. The zero-order valence-corrected chi connectivity index (χ0v) is 15.3. The Kier molecular flexibility index (Phi) is 6.45. The van der Waals surface area contributed by atoms with Crippen molar-refractivity contribution in [3.05, 3.63) is 35.9 Å². The summed E-state index contributed by atoms with van der Waals surface area (Å²) >= 11 is 0. The van der Waals surface area contributed by atoms with E-state index in [1.165, 1.54) is 0 Å². The number of aliphatic hydroxyl groups is 1. The molecule has 138 valence electrons. The number of carbonyl (C=O) groups is 1. The molecule has 0 bridgehead atoms. The summed E-state index contributed by atoms with van der Waals surface area (Å²) in [4.78, 5) is 18.5. The Bertz CT molecular complexity index is 539. The molecule has 1 aromatic carbocycles. The van der Waals surface area contributed by atoms with Crippen LogP contribution in [0.3, 0.4) is 0 Å². The van der Waals surface area contributed by atoms with E-state index in [9.17, 15) is 9.90 Å². The molecular weight excluding hydrogens is 314 g/mol. The number of aliphatic hydroxyl groups excluding tert-OH is 1. The Balaban J connectivity index is 1.36. The van der Waals surface area contributed by atoms with Crippen molar-refractivity contribution in [3.63, 3.8) is 0 Å². The molecule has 5 heteroatoms. The zero-order chi connectivity index (χ0) is 17.6. The third-order valence-electron chi connectivity index (χ3n) is 5.51. The van der Waals surface area contributed by atoms with Gasteiger partial charge in [0.25, 0.3) is 0 Å². The van der Waals surface area contributed by atoms with Crippen LogP contribution in [-0.2, 0) is 4.79 Å². The van der Waals surface area contributed by atoms with E-state index in [-0.39, 0.29) is 5.91 Å². The first kappa shape index (κ1) is 18.4. The molecule has 2 fully saturated rings. The molecule has 1 unspecified atom stereocenters. The summed E-state index contributed by atoms with van der Waals surface area (Å²) in [7, 11) is 2.06. The number of hydrogen-bond donors (Lipinski definition) is 1. The monoisotopic (exact) mass is 345 g/mol. The number of nitrogens with zero attached hydrogens (tertiary/aromatic N) is 3. The van der Waals surface area contributed by atoms with Crippen LogP contribution in [0.1, 0.15) is 30.9 Å². The highest BCUT2D eigenvalue weighted by atomic mass is 16.3. The number of hydrogen-bond acceptors (Lipinski definition) is 4. The predicted octanol–water partition coefficient (Wildman–Crippen LogP) is 1.60. The van der Waals surface area contributed by atoms with Crippen molar-refractivity contribution in [3.8, 4) is 0 Å². The topological polar surface area (TPSA) is 47.0 Å². The maximum atomic E-state index is 12.0. The van der Waals surface area contributed by atoms with Gasteiger partial charge in [-0.05, 0) is 50.9 Å². The number of likely N-dealkylation sites (N-methyl/N-ethyl adjacent to an activating group) is 1. The van der Waals surface area contributed by atoms with Gasteiger partial charge in [-0.15, -0.1) is 0 Å². The quantitative estimate of drug-likeness (QED) is 0.815. The number of likely N-dealkylation sites (tertiary alicyclic amines) is 2. The smallest absolute Gasteiger partial charge is 0.236 e. The Hall–Kier alpha value is -1.43. The van der Waals surface area contributed by atoms with Crippen LogP contribution in [0.2, 0.25) is 0 Å². The van der Waals surface area contributed by atoms with E-state index in [0.29, 0.717) is 19.0 Å². The van der Waals surface area contributed by atoms with E-state index >= 15 is 0 Å². The molecule has 2 aliphatic heterocycles. The minimum Gasteiger partial charge on any atom is -0.387 e. The van der Waals surface area contributed by atoms with Crippen LogP contribution < -0.4 is 0 Å². The second-order valence-corrected chi connectivity index (χ2v) is 7.60. The van der Waals surface area contributed by atoms with Crippen LogP contribution in [0, 0.1) is 5.92 Å². The van der Waals surface area contributed by atoms with Gasteiger partial charge in [-0.2, -0.15) is 0 Å². The van der Waals surface area contributed by atoms with Crippen LogP contribution in [-0.4, -0.2) is 78.6 Å². The first-order chi connectivity index (χ1) is 12.1. The number of amides is 1. The minimum atomic E-state index is -0.408. The van der Waals surface area contributed by atoms with Gasteiger partial charge in [0, 0.05) is 26.2 Å². The number of benzene rings is 1. The van der Waals surface area contributed by atoms with Gasteiger partial charge in [0.15, 0.2) is 0 Å². The summed E-state index contributed by atoms with van der Waals surface area (Å²) < 4.78 is 0. The Morgan fingerprint density at radius 2 is 1.88 bits per heavy atom. The molecule has 0 aromatic heterocycles. The molecule has 1 N–H and O–H groups in total. The molecule has 3 rings (SSSR count). The second kappa shape index (κ2) is 8.79. The highest BCUT2D eigenvalue weighted by Crippen LogP contribution is 2.21. The molecule has 0 saturated carbocycles. The average molecular weight is 345 g/mol. The fourth-order valence-corrected chi connectivity index (χ4v) is 3.78. The molecule has 1 atom stereocenters. The Morgan fingerprint density at radius 3 is 2.48 bits per heavy atom. The fourth-order valence-electron chi connectivity index (χ4n) is 3.78. The first-order valence-electron chi connectivity index (χ1n) is 9.53. The van der Waals surface area contributed by atoms with Crippen molar-refractivity contribution in [2.45, 2.75) is 25.4 Å². The Morgan fingerprint density at radius 1 is 1.20 bits per heavy atom. The van der Waals surface area contributed by atoms with Crippen LogP contribution in [0.4, 0.5) is 0 Å². The van der Waals surface area contributed by atoms with Crippen LogP contribution >= 0.6 is 0 Å². The first-order valence-corrected chi connectivity index (χ1v) is 9.53. The zero-order valence-electron chi connectivity index (χ0n) is 15.3. The highest BCUT2D eigenvalue weighted by Gasteiger charge is 2.25. The van der Waals surface area contributed by atoms with E-state index in [2.05, 4.69) is 16.8 Å². The maximum Gasteiger partial charge on any atom is 0.236 e. The van der Waals surface area contributed by atoms with Gasteiger partial charge < -0.3 is 14.9 Å². The van der Waals surface area contributed by atoms with E-state index in [1.54, 1.807) is 0 Å². The Labute approximate surface area is 151 Å². The van der Waals surface area contributed by atoms with Gasteiger partial charge in [-0.1, -0.05) is 30.3 Å². The van der Waals surface area contributed by atoms with Crippen molar-refractivity contribution in [2.24, 2.45) is 5.92 Å². The molecule has 0 spiro atoms. The molecular formula is C20H31N3O2. The van der Waals surface area contributed by atoms with E-state index < -0.39 is 6.10 Å². The van der Waals surface area contributed by atoms with Crippen LogP contribution in [0.25, 0.3) is 0 Å². The number of rotatable bonds is 7. The minimum absolute atomic E-state index is 0.275. The number of β-amino-alcohol motifs (C(OH)–C–C–N with tert-alkyl or cyclic N) is 1. The van der Waals surface area contributed by atoms with Gasteiger partial charge in [-0.3, -0.25) is 9.69 Å². The molecule has 0 radical (unpaired) electrons. The van der Waals surface area contributed by atoms with Crippen LogP contribution in [0.5, 0.6) is 0 Å². The number of carbonyl (C=O) groups excluding carboxylic acids is 1. The van der Waals surface area contributed by atoms with E-state index in [4.69, 9.17) is 0 Å². The van der Waals surface area contributed by atoms with Gasteiger partial charge in [0.2, 0.25) is 5.91 Å². The average Bonchev–Trinajstić information content (AvgIpc) is 2.55. The molecule has 1 aromatic rings. The lowest BCUT2D eigenvalue weighted by Gasteiger charge is -2.36. The fraction of sp³-hybridized carbons (Fsp3) is 0.650. The summed E-state index contributed by atoms with van der Waals surface area (Å²) in [5.74, 6) is 0.927. The third-order valence-corrected chi connectivity index (χ3v) is 5.51. The summed E-state index contributed by atoms with van der Waals surface area (Å²) in [6, 6.07) is 9.90. The van der Waals surface area contributed by atoms with Crippen molar-refractivity contribution in [1.29, 1.82) is 0 Å². The van der Waals surface area contributed by atoms with Gasteiger partial charge in [-0.25, -0.2) is 0 Å². The standard InChI is InChI=1S/C20H31N3O2/c1-21(16-20(25)23-10-5-11-23)14-17-8-12-22(13-9-17)15-19(24)18-6-3-2-4-7-18/h2-4,6-7,17,19,24H,5,8-16H2,1H3. The van der Waals surface area contributed by atoms with E-state index in [1.807, 2.05) is 35.2 Å². The lowest BCUT2D eigenvalue weighted by Crippen LogP contribution is -2.47. The van der Waals surface area contributed by atoms with Gasteiger partial charge in [0.05, 0.1) is 12.6 Å². The number of piperidine rings is 1. The van der Waals surface area contributed by atoms with Crippen molar-refractivity contribution >= 4 is 5.91 Å². The molecule has 5 nitrogen and oxygen atoms in total. The summed E-state index contributed by atoms with van der Waals surface area (Å²) in [6.07, 6.45) is 3.03. The van der Waals surface area contributed by atoms with Gasteiger partial charge >= 0.3 is 0 Å². The predicted molar refractivity (Wildman–Crippen MR) is 99.3 cm³/mol. The normalized spacial score (nSPS) is 20.5. The van der Waals surface area contributed by atoms with Crippen molar-refractivity contribution < 1.29 is 9.90 Å². The molecule has 0 aliphatic carbocycles. The second-order valence-electron chi connectivity index (χ2n) is 7.60.